The number of amides is 1. The van der Waals surface area contributed by atoms with Gasteiger partial charge in [0.05, 0.1) is 18.5 Å². The van der Waals surface area contributed by atoms with Crippen molar-refractivity contribution in [1.82, 2.24) is 5.32 Å². The standard InChI is InChI=1S/C20H25IN2O4S/c1-16-15-17(21)10-11-19(16)23(28(2,25)26)13-6-9-20(24)22-12-14-27-18-7-4-3-5-8-18/h3-5,7-8,10-11,15H,6,9,12-14H2,1-2H3,(H,22,24). The highest BCUT2D eigenvalue weighted by molar-refractivity contribution is 14.1. The fraction of sp³-hybridized carbons (Fsp3) is 0.350. The Labute approximate surface area is 180 Å². The lowest BCUT2D eigenvalue weighted by Crippen LogP contribution is -2.33. The molecule has 1 N–H and O–H groups in total. The number of hydrogen-bond acceptors (Lipinski definition) is 4. The number of ether oxygens (including phenoxy) is 1. The third-order valence-electron chi connectivity index (χ3n) is 4.03. The van der Waals surface area contributed by atoms with E-state index in [0.29, 0.717) is 25.3 Å². The number of aryl methyl sites for hydroxylation is 1. The number of carbonyl (C=O) groups excluding carboxylic acids is 1. The molecule has 0 heterocycles. The first-order chi connectivity index (χ1) is 13.3. The Morgan fingerprint density at radius 2 is 1.89 bits per heavy atom. The molecule has 8 heteroatoms. The first-order valence-corrected chi connectivity index (χ1v) is 11.9. The fourth-order valence-electron chi connectivity index (χ4n) is 2.71. The number of nitrogens with one attached hydrogen (secondary N) is 1. The molecule has 28 heavy (non-hydrogen) atoms. The summed E-state index contributed by atoms with van der Waals surface area (Å²) in [5.74, 6) is 0.637. The largest absolute Gasteiger partial charge is 0.492 e. The second kappa shape index (κ2) is 10.7. The number of para-hydroxylation sites is 1. The molecule has 0 spiro atoms. The molecule has 0 aliphatic rings. The SMILES string of the molecule is Cc1cc(I)ccc1N(CCCC(=O)NCCOc1ccccc1)S(C)(=O)=O. The highest BCUT2D eigenvalue weighted by Gasteiger charge is 2.19. The predicted molar refractivity (Wildman–Crippen MR) is 120 cm³/mol. The minimum Gasteiger partial charge on any atom is -0.492 e. The molecule has 2 aromatic carbocycles. The van der Waals surface area contributed by atoms with E-state index in [0.717, 1.165) is 14.9 Å². The number of hydrogen-bond donors (Lipinski definition) is 1. The minimum atomic E-state index is -3.42. The molecular weight excluding hydrogens is 491 g/mol. The molecule has 0 aliphatic heterocycles. The summed E-state index contributed by atoms with van der Waals surface area (Å²) in [4.78, 5) is 12.0. The van der Waals surface area contributed by atoms with Crippen LogP contribution in [0.3, 0.4) is 0 Å². The minimum absolute atomic E-state index is 0.121. The quantitative estimate of drug-likeness (QED) is 0.389. The van der Waals surface area contributed by atoms with E-state index < -0.39 is 10.0 Å². The van der Waals surface area contributed by atoms with Crippen LogP contribution in [-0.2, 0) is 14.8 Å². The van der Waals surface area contributed by atoms with Crippen LogP contribution in [0.2, 0.25) is 0 Å². The lowest BCUT2D eigenvalue weighted by atomic mass is 10.2. The smallest absolute Gasteiger partial charge is 0.232 e. The zero-order valence-corrected chi connectivity index (χ0v) is 19.0. The molecule has 0 saturated carbocycles. The summed E-state index contributed by atoms with van der Waals surface area (Å²) in [6, 6.07) is 15.0. The fourth-order valence-corrected chi connectivity index (χ4v) is 4.38. The predicted octanol–water partition coefficient (Wildman–Crippen LogP) is 3.34. The van der Waals surface area contributed by atoms with Gasteiger partial charge in [-0.3, -0.25) is 9.10 Å². The maximum atomic E-state index is 12.2. The van der Waals surface area contributed by atoms with Gasteiger partial charge >= 0.3 is 0 Å². The van der Waals surface area contributed by atoms with E-state index in [4.69, 9.17) is 4.74 Å². The van der Waals surface area contributed by atoms with Crippen LogP contribution in [0.4, 0.5) is 5.69 Å². The molecule has 0 bridgehead atoms. The molecule has 0 aromatic heterocycles. The highest BCUT2D eigenvalue weighted by Crippen LogP contribution is 2.24. The third kappa shape index (κ3) is 7.31. The summed E-state index contributed by atoms with van der Waals surface area (Å²) >= 11 is 2.19. The van der Waals surface area contributed by atoms with Gasteiger partial charge in [-0.2, -0.15) is 0 Å². The maximum absolute atomic E-state index is 12.2. The van der Waals surface area contributed by atoms with Crippen molar-refractivity contribution < 1.29 is 17.9 Å². The summed E-state index contributed by atoms with van der Waals surface area (Å²) in [5, 5.41) is 2.79. The Balaban J connectivity index is 1.79. The van der Waals surface area contributed by atoms with E-state index in [1.807, 2.05) is 49.4 Å². The van der Waals surface area contributed by atoms with Gasteiger partial charge in [0, 0.05) is 16.5 Å². The molecule has 1 amide bonds. The van der Waals surface area contributed by atoms with Gasteiger partial charge in [0.2, 0.25) is 15.9 Å². The monoisotopic (exact) mass is 516 g/mol. The number of halogens is 1. The first-order valence-electron chi connectivity index (χ1n) is 8.96. The van der Waals surface area contributed by atoms with Crippen molar-refractivity contribution in [2.75, 3.05) is 30.3 Å². The van der Waals surface area contributed by atoms with Gasteiger partial charge < -0.3 is 10.1 Å². The summed E-state index contributed by atoms with van der Waals surface area (Å²) in [6.45, 7) is 2.93. The number of rotatable bonds is 10. The van der Waals surface area contributed by atoms with E-state index in [-0.39, 0.29) is 18.9 Å². The topological polar surface area (TPSA) is 75.7 Å². The third-order valence-corrected chi connectivity index (χ3v) is 5.88. The summed E-state index contributed by atoms with van der Waals surface area (Å²) < 4.78 is 32.3. The van der Waals surface area contributed by atoms with Gasteiger partial charge in [-0.15, -0.1) is 0 Å². The van der Waals surface area contributed by atoms with E-state index in [1.54, 1.807) is 6.07 Å². The first kappa shape index (κ1) is 22.5. The van der Waals surface area contributed by atoms with Crippen LogP contribution in [0.1, 0.15) is 18.4 Å². The number of carbonyl (C=O) groups is 1. The van der Waals surface area contributed by atoms with Crippen LogP contribution in [-0.4, -0.2) is 40.3 Å². The van der Waals surface area contributed by atoms with Crippen molar-refractivity contribution in [3.8, 4) is 5.75 Å². The molecular formula is C20H25IN2O4S. The van der Waals surface area contributed by atoms with Gasteiger partial charge in [0.25, 0.3) is 0 Å². The molecule has 2 rings (SSSR count). The van der Waals surface area contributed by atoms with Crippen LogP contribution in [0, 0.1) is 10.5 Å². The van der Waals surface area contributed by atoms with Crippen molar-refractivity contribution in [3.05, 3.63) is 57.7 Å². The summed E-state index contributed by atoms with van der Waals surface area (Å²) in [7, 11) is -3.42. The van der Waals surface area contributed by atoms with Crippen LogP contribution in [0.25, 0.3) is 0 Å². The maximum Gasteiger partial charge on any atom is 0.232 e. The molecule has 0 aliphatic carbocycles. The average molecular weight is 516 g/mol. The zero-order chi connectivity index (χ0) is 20.6. The van der Waals surface area contributed by atoms with Crippen molar-refractivity contribution in [1.29, 1.82) is 0 Å². The molecule has 0 saturated heterocycles. The number of nitrogens with zero attached hydrogens (tertiary/aromatic N) is 1. The Kier molecular flexibility index (Phi) is 8.56. The molecule has 0 fully saturated rings. The second-order valence-electron chi connectivity index (χ2n) is 6.38. The average Bonchev–Trinajstić information content (AvgIpc) is 2.63. The van der Waals surface area contributed by atoms with E-state index in [1.165, 1.54) is 10.6 Å². The Morgan fingerprint density at radius 3 is 2.54 bits per heavy atom. The summed E-state index contributed by atoms with van der Waals surface area (Å²) in [5.41, 5.74) is 1.54. The van der Waals surface area contributed by atoms with Crippen molar-refractivity contribution >= 4 is 44.2 Å². The van der Waals surface area contributed by atoms with Gasteiger partial charge in [-0.1, -0.05) is 18.2 Å². The number of benzene rings is 2. The molecule has 0 unspecified atom stereocenters. The summed E-state index contributed by atoms with van der Waals surface area (Å²) in [6.07, 6.45) is 1.87. The highest BCUT2D eigenvalue weighted by atomic mass is 127. The van der Waals surface area contributed by atoms with Gasteiger partial charge in [0.15, 0.2) is 0 Å². The molecule has 0 radical (unpaired) electrons. The number of anilines is 1. The molecule has 2 aromatic rings. The van der Waals surface area contributed by atoms with E-state index in [9.17, 15) is 13.2 Å². The van der Waals surface area contributed by atoms with Crippen LogP contribution in [0.15, 0.2) is 48.5 Å². The molecule has 152 valence electrons. The Bertz CT molecular complexity index is 888. The van der Waals surface area contributed by atoms with Crippen LogP contribution < -0.4 is 14.4 Å². The molecule has 0 atom stereocenters. The van der Waals surface area contributed by atoms with Gasteiger partial charge in [-0.25, -0.2) is 8.42 Å². The molecule has 6 nitrogen and oxygen atoms in total. The zero-order valence-electron chi connectivity index (χ0n) is 16.0. The normalized spacial score (nSPS) is 11.1. The van der Waals surface area contributed by atoms with Crippen molar-refractivity contribution in [2.24, 2.45) is 0 Å². The lowest BCUT2D eigenvalue weighted by molar-refractivity contribution is -0.121. The lowest BCUT2D eigenvalue weighted by Gasteiger charge is -2.24. The second-order valence-corrected chi connectivity index (χ2v) is 9.53. The Morgan fingerprint density at radius 1 is 1.18 bits per heavy atom. The van der Waals surface area contributed by atoms with E-state index in [2.05, 4.69) is 27.9 Å². The van der Waals surface area contributed by atoms with Crippen LogP contribution in [0.5, 0.6) is 5.75 Å². The Hall–Kier alpha value is -1.81. The number of sulfonamides is 1. The van der Waals surface area contributed by atoms with Gasteiger partial charge in [-0.05, 0) is 71.8 Å². The van der Waals surface area contributed by atoms with Crippen molar-refractivity contribution in [2.45, 2.75) is 19.8 Å². The van der Waals surface area contributed by atoms with Crippen molar-refractivity contribution in [3.63, 3.8) is 0 Å². The van der Waals surface area contributed by atoms with Crippen LogP contribution >= 0.6 is 22.6 Å². The van der Waals surface area contributed by atoms with E-state index >= 15 is 0 Å². The van der Waals surface area contributed by atoms with Gasteiger partial charge in [0.1, 0.15) is 12.4 Å².